The fourth-order valence-electron chi connectivity index (χ4n) is 2.07. The van der Waals surface area contributed by atoms with Crippen molar-refractivity contribution in [2.45, 2.75) is 13.5 Å². The molecular formula is C17H22ClN3O3. The summed E-state index contributed by atoms with van der Waals surface area (Å²) >= 11 is 0. The number of hydrogen-bond donors (Lipinski definition) is 3. The lowest BCUT2D eigenvalue weighted by atomic mass is 10.1. The Kier molecular flexibility index (Phi) is 8.01. The summed E-state index contributed by atoms with van der Waals surface area (Å²) in [6.07, 6.45) is 1.45. The van der Waals surface area contributed by atoms with Crippen LogP contribution in [0.3, 0.4) is 0 Å². The second-order valence-electron chi connectivity index (χ2n) is 5.30. The van der Waals surface area contributed by atoms with E-state index in [1.807, 2.05) is 26.1 Å². The molecule has 6 nitrogen and oxygen atoms in total. The van der Waals surface area contributed by atoms with Gasteiger partial charge in [0.2, 0.25) is 5.91 Å². The molecule has 0 bridgehead atoms. The minimum atomic E-state index is -0.294. The molecule has 0 saturated carbocycles. The van der Waals surface area contributed by atoms with Crippen molar-refractivity contribution in [1.82, 2.24) is 10.6 Å². The van der Waals surface area contributed by atoms with Crippen LogP contribution < -0.4 is 16.0 Å². The largest absolute Gasteiger partial charge is 0.459 e. The molecule has 1 unspecified atom stereocenters. The predicted molar refractivity (Wildman–Crippen MR) is 95.3 cm³/mol. The number of amides is 2. The smallest absolute Gasteiger partial charge is 0.291 e. The molecule has 130 valence electrons. The topological polar surface area (TPSA) is 83.4 Å². The van der Waals surface area contributed by atoms with E-state index >= 15 is 0 Å². The second-order valence-corrected chi connectivity index (χ2v) is 5.30. The Hall–Kier alpha value is -2.31. The maximum Gasteiger partial charge on any atom is 0.291 e. The molecule has 1 heterocycles. The van der Waals surface area contributed by atoms with Crippen LogP contribution in [0.4, 0.5) is 5.69 Å². The van der Waals surface area contributed by atoms with Gasteiger partial charge in [-0.15, -0.1) is 12.4 Å². The number of carbonyl (C=O) groups excluding carboxylic acids is 2. The van der Waals surface area contributed by atoms with Crippen LogP contribution in [0.2, 0.25) is 0 Å². The molecule has 7 heteroatoms. The van der Waals surface area contributed by atoms with E-state index in [2.05, 4.69) is 16.0 Å². The Balaban J connectivity index is 0.00000288. The summed E-state index contributed by atoms with van der Waals surface area (Å²) < 4.78 is 5.03. The van der Waals surface area contributed by atoms with Gasteiger partial charge in [-0.25, -0.2) is 0 Å². The number of furan rings is 1. The number of benzene rings is 1. The first-order valence-electron chi connectivity index (χ1n) is 7.46. The number of anilines is 1. The van der Waals surface area contributed by atoms with Crippen molar-refractivity contribution in [2.75, 3.05) is 18.9 Å². The number of hydrogen-bond acceptors (Lipinski definition) is 4. The molecule has 0 spiro atoms. The van der Waals surface area contributed by atoms with Crippen molar-refractivity contribution in [2.24, 2.45) is 5.92 Å². The van der Waals surface area contributed by atoms with E-state index in [0.717, 1.165) is 5.56 Å². The Morgan fingerprint density at radius 2 is 1.88 bits per heavy atom. The molecule has 0 aliphatic rings. The molecule has 2 amide bonds. The van der Waals surface area contributed by atoms with Crippen LogP contribution in [-0.2, 0) is 11.3 Å². The maximum absolute atomic E-state index is 11.8. The minimum Gasteiger partial charge on any atom is -0.459 e. The lowest BCUT2D eigenvalue weighted by Crippen LogP contribution is -2.33. The molecule has 24 heavy (non-hydrogen) atoms. The van der Waals surface area contributed by atoms with Gasteiger partial charge in [0.1, 0.15) is 0 Å². The fourth-order valence-corrected chi connectivity index (χ4v) is 2.07. The monoisotopic (exact) mass is 351 g/mol. The van der Waals surface area contributed by atoms with Gasteiger partial charge in [-0.3, -0.25) is 9.59 Å². The van der Waals surface area contributed by atoms with Gasteiger partial charge in [0.25, 0.3) is 5.91 Å². The Morgan fingerprint density at radius 3 is 2.46 bits per heavy atom. The van der Waals surface area contributed by atoms with Gasteiger partial charge in [0.05, 0.1) is 6.26 Å². The summed E-state index contributed by atoms with van der Waals surface area (Å²) in [5.41, 5.74) is 1.64. The summed E-state index contributed by atoms with van der Waals surface area (Å²) in [4.78, 5) is 23.7. The first-order valence-corrected chi connectivity index (χ1v) is 7.46. The van der Waals surface area contributed by atoms with Crippen molar-refractivity contribution < 1.29 is 14.0 Å². The highest BCUT2D eigenvalue weighted by atomic mass is 35.5. The zero-order valence-corrected chi connectivity index (χ0v) is 14.5. The Bertz CT molecular complexity index is 642. The zero-order chi connectivity index (χ0) is 16.7. The summed E-state index contributed by atoms with van der Waals surface area (Å²) in [7, 11) is 1.82. The molecular weight excluding hydrogens is 330 g/mol. The van der Waals surface area contributed by atoms with Crippen molar-refractivity contribution in [3.05, 3.63) is 54.0 Å². The van der Waals surface area contributed by atoms with Crippen molar-refractivity contribution in [1.29, 1.82) is 0 Å². The van der Waals surface area contributed by atoms with E-state index in [1.165, 1.54) is 6.26 Å². The normalized spacial score (nSPS) is 11.2. The van der Waals surface area contributed by atoms with E-state index in [4.69, 9.17) is 4.42 Å². The first kappa shape index (κ1) is 19.7. The van der Waals surface area contributed by atoms with E-state index < -0.39 is 0 Å². The standard InChI is InChI=1S/C17H21N3O3.ClH/c1-12(10-18-2)16(21)19-11-13-5-7-14(8-6-13)20-17(22)15-4-3-9-23-15;/h3-9,12,18H,10-11H2,1-2H3,(H,19,21)(H,20,22);1H. The van der Waals surface area contributed by atoms with Crippen LogP contribution in [0.25, 0.3) is 0 Å². The van der Waals surface area contributed by atoms with Crippen LogP contribution in [0.15, 0.2) is 47.1 Å². The number of nitrogens with one attached hydrogen (secondary N) is 3. The lowest BCUT2D eigenvalue weighted by molar-refractivity contribution is -0.124. The van der Waals surface area contributed by atoms with E-state index in [1.54, 1.807) is 24.3 Å². The van der Waals surface area contributed by atoms with E-state index in [-0.39, 0.29) is 35.9 Å². The molecule has 2 rings (SSSR count). The van der Waals surface area contributed by atoms with Gasteiger partial charge in [-0.05, 0) is 36.9 Å². The first-order chi connectivity index (χ1) is 11.1. The number of rotatable bonds is 7. The second kappa shape index (κ2) is 9.75. The molecule has 1 atom stereocenters. The van der Waals surface area contributed by atoms with Gasteiger partial charge in [0.15, 0.2) is 5.76 Å². The molecule has 0 radical (unpaired) electrons. The average molecular weight is 352 g/mol. The van der Waals surface area contributed by atoms with Crippen molar-refractivity contribution in [3.63, 3.8) is 0 Å². The molecule has 1 aromatic carbocycles. The SMILES string of the molecule is CNCC(C)C(=O)NCc1ccc(NC(=O)c2ccco2)cc1.Cl. The van der Waals surface area contributed by atoms with Crippen molar-refractivity contribution >= 4 is 29.9 Å². The fraction of sp³-hybridized carbons (Fsp3) is 0.294. The molecule has 2 aromatic rings. The van der Waals surface area contributed by atoms with E-state index in [0.29, 0.717) is 18.8 Å². The van der Waals surface area contributed by atoms with Gasteiger partial charge in [-0.1, -0.05) is 19.1 Å². The number of halogens is 1. The molecule has 3 N–H and O–H groups in total. The van der Waals surface area contributed by atoms with Crippen LogP contribution in [0.1, 0.15) is 23.0 Å². The summed E-state index contributed by atoms with van der Waals surface area (Å²) in [5.74, 6) is -0.0989. The predicted octanol–water partition coefficient (Wildman–Crippen LogP) is 2.43. The molecule has 0 saturated heterocycles. The highest BCUT2D eigenvalue weighted by Crippen LogP contribution is 2.12. The van der Waals surface area contributed by atoms with Gasteiger partial charge in [0, 0.05) is 24.7 Å². The maximum atomic E-state index is 11.8. The third kappa shape index (κ3) is 5.72. The molecule has 0 aliphatic carbocycles. The molecule has 1 aromatic heterocycles. The number of carbonyl (C=O) groups is 2. The minimum absolute atomic E-state index is 0. The molecule has 0 fully saturated rings. The highest BCUT2D eigenvalue weighted by molar-refractivity contribution is 6.02. The quantitative estimate of drug-likeness (QED) is 0.715. The highest BCUT2D eigenvalue weighted by Gasteiger charge is 2.11. The average Bonchev–Trinajstić information content (AvgIpc) is 3.08. The van der Waals surface area contributed by atoms with Crippen LogP contribution in [-0.4, -0.2) is 25.4 Å². The van der Waals surface area contributed by atoms with Crippen LogP contribution >= 0.6 is 12.4 Å². The third-order valence-corrected chi connectivity index (χ3v) is 3.38. The van der Waals surface area contributed by atoms with Crippen molar-refractivity contribution in [3.8, 4) is 0 Å². The Labute approximate surface area is 147 Å². The lowest BCUT2D eigenvalue weighted by Gasteiger charge is -2.12. The van der Waals surface area contributed by atoms with Crippen LogP contribution in [0, 0.1) is 5.92 Å². The Morgan fingerprint density at radius 1 is 1.17 bits per heavy atom. The third-order valence-electron chi connectivity index (χ3n) is 3.38. The summed E-state index contributed by atoms with van der Waals surface area (Å²) in [6.45, 7) is 2.97. The van der Waals surface area contributed by atoms with Gasteiger partial charge < -0.3 is 20.4 Å². The molecule has 0 aliphatic heterocycles. The van der Waals surface area contributed by atoms with E-state index in [9.17, 15) is 9.59 Å². The summed E-state index contributed by atoms with van der Waals surface area (Å²) in [6, 6.07) is 10.6. The zero-order valence-electron chi connectivity index (χ0n) is 13.7. The van der Waals surface area contributed by atoms with Gasteiger partial charge >= 0.3 is 0 Å². The van der Waals surface area contributed by atoms with Crippen LogP contribution in [0.5, 0.6) is 0 Å². The summed E-state index contributed by atoms with van der Waals surface area (Å²) in [5, 5.41) is 8.60. The van der Waals surface area contributed by atoms with Gasteiger partial charge in [-0.2, -0.15) is 0 Å².